The van der Waals surface area contributed by atoms with E-state index in [4.69, 9.17) is 16.4 Å². The molecule has 2 fully saturated rings. The topological polar surface area (TPSA) is 67.8 Å². The number of amides is 1. The van der Waals surface area contributed by atoms with Crippen LogP contribution in [0.5, 0.6) is 0 Å². The largest absolute Gasteiger partial charge is 0.367 e. The summed E-state index contributed by atoms with van der Waals surface area (Å²) in [6, 6.07) is 16.2. The molecule has 0 saturated heterocycles. The zero-order valence-electron chi connectivity index (χ0n) is 17.4. The van der Waals surface area contributed by atoms with Crippen molar-refractivity contribution in [3.8, 4) is 0 Å². The molecule has 0 radical (unpaired) electrons. The summed E-state index contributed by atoms with van der Waals surface area (Å²) in [6.07, 6.45) is 2.04. The molecule has 6 heteroatoms. The van der Waals surface area contributed by atoms with Gasteiger partial charge in [0, 0.05) is 17.5 Å². The maximum Gasteiger partial charge on any atom is 0.367 e. The van der Waals surface area contributed by atoms with Gasteiger partial charge in [0.1, 0.15) is 0 Å². The van der Waals surface area contributed by atoms with Gasteiger partial charge in [0.05, 0.1) is 21.7 Å². The number of fused-ring (bicyclic) bond motifs is 2. The monoisotopic (exact) mass is 424 g/mol. The summed E-state index contributed by atoms with van der Waals surface area (Å²) in [4.78, 5) is 31.1. The van der Waals surface area contributed by atoms with Gasteiger partial charge < -0.3 is 10.2 Å². The lowest BCUT2D eigenvalue weighted by molar-refractivity contribution is -0.130. The first-order chi connectivity index (χ1) is 14.2. The molecular formula is C24H25ClN2O3. The molecule has 156 valence electrons. The van der Waals surface area contributed by atoms with E-state index in [9.17, 15) is 9.59 Å². The Labute approximate surface area is 181 Å². The highest BCUT2D eigenvalue weighted by atomic mass is 35.5. The second kappa shape index (κ2) is 7.24. The number of rotatable bonds is 4. The summed E-state index contributed by atoms with van der Waals surface area (Å²) in [5.74, 6) is -0.606. The molecule has 2 aromatic carbocycles. The SMILES string of the molecule is CC12CCC(C(=O)Nc3ccccc3)(C/C1=N\OC(=O)c1ccccc1Cl)C2(C)C. The lowest BCUT2D eigenvalue weighted by Crippen LogP contribution is -2.43. The van der Waals surface area contributed by atoms with E-state index < -0.39 is 11.4 Å². The van der Waals surface area contributed by atoms with Crippen molar-refractivity contribution in [1.82, 2.24) is 0 Å². The molecule has 2 aromatic rings. The van der Waals surface area contributed by atoms with E-state index in [-0.39, 0.29) is 22.3 Å². The number of nitrogens with zero attached hydrogens (tertiary/aromatic N) is 1. The van der Waals surface area contributed by atoms with Crippen molar-refractivity contribution in [2.75, 3.05) is 5.32 Å². The molecule has 2 atom stereocenters. The Morgan fingerprint density at radius 1 is 1.00 bits per heavy atom. The van der Waals surface area contributed by atoms with Crippen molar-refractivity contribution in [2.45, 2.75) is 40.0 Å². The summed E-state index contributed by atoms with van der Waals surface area (Å²) in [7, 11) is 0. The number of halogens is 1. The van der Waals surface area contributed by atoms with Crippen molar-refractivity contribution < 1.29 is 14.4 Å². The number of para-hydroxylation sites is 1. The molecule has 5 nitrogen and oxygen atoms in total. The minimum Gasteiger partial charge on any atom is -0.326 e. The Hall–Kier alpha value is -2.66. The summed E-state index contributed by atoms with van der Waals surface area (Å²) < 4.78 is 0. The second-order valence-electron chi connectivity index (χ2n) is 8.93. The van der Waals surface area contributed by atoms with E-state index in [1.807, 2.05) is 30.3 Å². The molecule has 1 amide bonds. The van der Waals surface area contributed by atoms with Gasteiger partial charge in [0.2, 0.25) is 5.91 Å². The number of carbonyl (C=O) groups excluding carboxylic acids is 2. The first-order valence-corrected chi connectivity index (χ1v) is 10.5. The van der Waals surface area contributed by atoms with Crippen LogP contribution in [0.3, 0.4) is 0 Å². The normalized spacial score (nSPS) is 27.8. The number of benzene rings is 2. The van der Waals surface area contributed by atoms with Crippen molar-refractivity contribution in [3.63, 3.8) is 0 Å². The first kappa shape index (κ1) is 20.6. The molecule has 0 aliphatic heterocycles. The number of nitrogens with one attached hydrogen (secondary N) is 1. The average molecular weight is 425 g/mol. The average Bonchev–Trinajstić information content (AvgIpc) is 3.04. The Balaban J connectivity index is 1.60. The molecule has 1 N–H and O–H groups in total. The molecule has 2 saturated carbocycles. The summed E-state index contributed by atoms with van der Waals surface area (Å²) >= 11 is 6.09. The zero-order valence-corrected chi connectivity index (χ0v) is 18.1. The zero-order chi connectivity index (χ0) is 21.6. The summed E-state index contributed by atoms with van der Waals surface area (Å²) in [5.41, 5.74) is 0.524. The third kappa shape index (κ3) is 2.95. The molecular weight excluding hydrogens is 400 g/mol. The molecule has 0 aromatic heterocycles. The number of oxime groups is 1. The second-order valence-corrected chi connectivity index (χ2v) is 9.34. The van der Waals surface area contributed by atoms with Gasteiger partial charge in [0.25, 0.3) is 0 Å². The summed E-state index contributed by atoms with van der Waals surface area (Å²) in [6.45, 7) is 6.34. The van der Waals surface area contributed by atoms with Crippen LogP contribution in [0, 0.1) is 16.2 Å². The first-order valence-electron chi connectivity index (χ1n) is 10.1. The quantitative estimate of drug-likeness (QED) is 0.505. The Morgan fingerprint density at radius 2 is 1.67 bits per heavy atom. The molecule has 30 heavy (non-hydrogen) atoms. The predicted octanol–water partition coefficient (Wildman–Crippen LogP) is 5.71. The molecule has 0 heterocycles. The molecule has 2 unspecified atom stereocenters. The maximum atomic E-state index is 13.4. The number of anilines is 1. The van der Waals surface area contributed by atoms with Crippen LogP contribution in [0.4, 0.5) is 5.69 Å². The van der Waals surface area contributed by atoms with E-state index in [0.717, 1.165) is 24.2 Å². The lowest BCUT2D eigenvalue weighted by Gasteiger charge is -2.39. The van der Waals surface area contributed by atoms with Crippen LogP contribution >= 0.6 is 11.6 Å². The van der Waals surface area contributed by atoms with Crippen LogP contribution in [0.2, 0.25) is 5.02 Å². The van der Waals surface area contributed by atoms with Crippen LogP contribution in [0.1, 0.15) is 50.4 Å². The minimum atomic E-state index is -0.604. The molecule has 4 rings (SSSR count). The fraction of sp³-hybridized carbons (Fsp3) is 0.375. The van der Waals surface area contributed by atoms with Gasteiger partial charge in [-0.15, -0.1) is 0 Å². The highest BCUT2D eigenvalue weighted by molar-refractivity contribution is 6.33. The molecule has 2 aliphatic rings. The van der Waals surface area contributed by atoms with E-state index in [1.165, 1.54) is 0 Å². The van der Waals surface area contributed by atoms with Gasteiger partial charge >= 0.3 is 5.97 Å². The molecule has 2 aliphatic carbocycles. The van der Waals surface area contributed by atoms with Crippen LogP contribution < -0.4 is 5.32 Å². The highest BCUT2D eigenvalue weighted by Gasteiger charge is 2.71. The van der Waals surface area contributed by atoms with E-state index >= 15 is 0 Å². The van der Waals surface area contributed by atoms with Crippen LogP contribution in [-0.2, 0) is 9.63 Å². The maximum absolute atomic E-state index is 13.4. The Bertz CT molecular complexity index is 1030. The Morgan fingerprint density at radius 3 is 2.37 bits per heavy atom. The third-order valence-electron chi connectivity index (χ3n) is 7.53. The third-order valence-corrected chi connectivity index (χ3v) is 7.86. The summed E-state index contributed by atoms with van der Waals surface area (Å²) in [5, 5.41) is 7.65. The number of carbonyl (C=O) groups is 2. The van der Waals surface area contributed by atoms with Gasteiger partial charge in [-0.2, -0.15) is 0 Å². The van der Waals surface area contributed by atoms with Crippen molar-refractivity contribution in [1.29, 1.82) is 0 Å². The van der Waals surface area contributed by atoms with E-state index in [1.54, 1.807) is 24.3 Å². The van der Waals surface area contributed by atoms with Gasteiger partial charge in [-0.3, -0.25) is 4.79 Å². The fourth-order valence-corrected chi connectivity index (χ4v) is 5.28. The Kier molecular flexibility index (Phi) is 4.97. The van der Waals surface area contributed by atoms with Crippen molar-refractivity contribution in [3.05, 3.63) is 65.2 Å². The van der Waals surface area contributed by atoms with Gasteiger partial charge in [-0.25, -0.2) is 4.79 Å². The van der Waals surface area contributed by atoms with Gasteiger partial charge in [0.15, 0.2) is 0 Å². The highest BCUT2D eigenvalue weighted by Crippen LogP contribution is 2.71. The van der Waals surface area contributed by atoms with Gasteiger partial charge in [-0.05, 0) is 42.5 Å². The predicted molar refractivity (Wildman–Crippen MR) is 118 cm³/mol. The van der Waals surface area contributed by atoms with Crippen LogP contribution in [0.15, 0.2) is 59.8 Å². The van der Waals surface area contributed by atoms with Crippen LogP contribution in [0.25, 0.3) is 0 Å². The standard InChI is InChI=1S/C24H25ClN2O3/c1-22(2)23(3)13-14-24(22,21(29)26-16-9-5-4-6-10-16)15-19(23)27-30-20(28)17-11-7-8-12-18(17)25/h4-12H,13-15H2,1-3H3,(H,26,29)/b27-19+. The smallest absolute Gasteiger partial charge is 0.326 e. The van der Waals surface area contributed by atoms with E-state index in [2.05, 4.69) is 31.2 Å². The lowest BCUT2D eigenvalue weighted by atomic mass is 9.64. The number of hydrogen-bond donors (Lipinski definition) is 1. The van der Waals surface area contributed by atoms with Gasteiger partial charge in [-0.1, -0.05) is 67.9 Å². The number of hydrogen-bond acceptors (Lipinski definition) is 4. The van der Waals surface area contributed by atoms with Crippen molar-refractivity contribution >= 4 is 34.9 Å². The molecule has 0 spiro atoms. The fourth-order valence-electron chi connectivity index (χ4n) is 5.07. The van der Waals surface area contributed by atoms with Crippen molar-refractivity contribution in [2.24, 2.45) is 21.4 Å². The van der Waals surface area contributed by atoms with Crippen LogP contribution in [-0.4, -0.2) is 17.6 Å². The molecule has 2 bridgehead atoms. The minimum absolute atomic E-state index is 0.00921. The van der Waals surface area contributed by atoms with E-state index in [0.29, 0.717) is 11.4 Å².